The van der Waals surface area contributed by atoms with E-state index in [0.29, 0.717) is 17.5 Å². The summed E-state index contributed by atoms with van der Waals surface area (Å²) >= 11 is 0. The van der Waals surface area contributed by atoms with Crippen LogP contribution in [-0.4, -0.2) is 37.2 Å². The number of hydrogen-bond acceptors (Lipinski definition) is 2. The van der Waals surface area contributed by atoms with Gasteiger partial charge in [0.25, 0.3) is 0 Å². The number of methoxy groups -OCH3 is 1. The highest BCUT2D eigenvalue weighted by Gasteiger charge is 2.66. The summed E-state index contributed by atoms with van der Waals surface area (Å²) in [5.74, 6) is 1.80. The third-order valence-corrected chi connectivity index (χ3v) is 4.39. The van der Waals surface area contributed by atoms with Gasteiger partial charge < -0.3 is 4.74 Å². The molecule has 2 nitrogen and oxygen atoms in total. The summed E-state index contributed by atoms with van der Waals surface area (Å²) in [5.41, 5.74) is 0.578. The zero-order chi connectivity index (χ0) is 10.5. The van der Waals surface area contributed by atoms with E-state index in [0.717, 1.165) is 18.4 Å². The molecule has 2 heteroatoms. The molecule has 14 heavy (non-hydrogen) atoms. The Kier molecular flexibility index (Phi) is 2.39. The number of rotatable bonds is 3. The Morgan fingerprint density at radius 3 is 2.57 bits per heavy atom. The normalized spacial score (nSPS) is 40.3. The van der Waals surface area contributed by atoms with Crippen LogP contribution < -0.4 is 0 Å². The van der Waals surface area contributed by atoms with Crippen molar-refractivity contribution in [3.8, 4) is 0 Å². The standard InChI is InChI=1S/C12H23NO/c1-8(2)13-6-9-11(12(9,3)4)10(13)7-14-5/h8-11H,6-7H2,1-5H3. The van der Waals surface area contributed by atoms with Crippen LogP contribution in [-0.2, 0) is 4.74 Å². The van der Waals surface area contributed by atoms with Gasteiger partial charge in [0.1, 0.15) is 0 Å². The molecule has 3 unspecified atom stereocenters. The molecule has 0 bridgehead atoms. The van der Waals surface area contributed by atoms with Gasteiger partial charge in [0.15, 0.2) is 0 Å². The molecule has 2 rings (SSSR count). The van der Waals surface area contributed by atoms with Crippen molar-refractivity contribution in [3.63, 3.8) is 0 Å². The molecule has 0 aromatic carbocycles. The fourth-order valence-corrected chi connectivity index (χ4v) is 3.43. The molecular weight excluding hydrogens is 174 g/mol. The molecule has 0 spiro atoms. The molecule has 2 aliphatic rings. The molecule has 0 aromatic rings. The second kappa shape index (κ2) is 3.21. The van der Waals surface area contributed by atoms with Crippen LogP contribution in [0.15, 0.2) is 0 Å². The van der Waals surface area contributed by atoms with Crippen molar-refractivity contribution in [2.75, 3.05) is 20.3 Å². The monoisotopic (exact) mass is 197 g/mol. The van der Waals surface area contributed by atoms with E-state index in [4.69, 9.17) is 4.74 Å². The summed E-state index contributed by atoms with van der Waals surface area (Å²) < 4.78 is 5.35. The van der Waals surface area contributed by atoms with Gasteiger partial charge >= 0.3 is 0 Å². The molecule has 0 radical (unpaired) electrons. The average Bonchev–Trinajstić information content (AvgIpc) is 2.47. The quantitative estimate of drug-likeness (QED) is 0.686. The van der Waals surface area contributed by atoms with E-state index in [1.54, 1.807) is 0 Å². The Hall–Kier alpha value is -0.0800. The van der Waals surface area contributed by atoms with Crippen molar-refractivity contribution in [3.05, 3.63) is 0 Å². The van der Waals surface area contributed by atoms with Crippen molar-refractivity contribution in [1.29, 1.82) is 0 Å². The Balaban J connectivity index is 2.06. The zero-order valence-corrected chi connectivity index (χ0v) is 10.1. The van der Waals surface area contributed by atoms with Crippen LogP contribution in [0.2, 0.25) is 0 Å². The smallest absolute Gasteiger partial charge is 0.0621 e. The second-order valence-corrected chi connectivity index (χ2v) is 5.77. The molecule has 1 saturated carbocycles. The van der Waals surface area contributed by atoms with E-state index >= 15 is 0 Å². The molecule has 82 valence electrons. The van der Waals surface area contributed by atoms with Crippen LogP contribution in [0.3, 0.4) is 0 Å². The van der Waals surface area contributed by atoms with E-state index in [-0.39, 0.29) is 0 Å². The lowest BCUT2D eigenvalue weighted by Crippen LogP contribution is -2.43. The lowest BCUT2D eigenvalue weighted by Gasteiger charge is -2.33. The maximum atomic E-state index is 5.35. The highest BCUT2D eigenvalue weighted by molar-refractivity contribution is 5.16. The van der Waals surface area contributed by atoms with Crippen LogP contribution in [0.5, 0.6) is 0 Å². The first-order chi connectivity index (χ1) is 6.50. The molecule has 1 saturated heterocycles. The van der Waals surface area contributed by atoms with Gasteiger partial charge in [-0.15, -0.1) is 0 Å². The number of nitrogens with zero attached hydrogens (tertiary/aromatic N) is 1. The van der Waals surface area contributed by atoms with Crippen molar-refractivity contribution in [2.45, 2.75) is 39.8 Å². The van der Waals surface area contributed by atoms with Crippen LogP contribution in [0.1, 0.15) is 27.7 Å². The third-order valence-electron chi connectivity index (χ3n) is 4.39. The Morgan fingerprint density at radius 1 is 1.43 bits per heavy atom. The highest BCUT2D eigenvalue weighted by Crippen LogP contribution is 2.65. The van der Waals surface area contributed by atoms with Gasteiger partial charge in [-0.25, -0.2) is 0 Å². The molecule has 0 aromatic heterocycles. The van der Waals surface area contributed by atoms with Crippen LogP contribution in [0, 0.1) is 17.3 Å². The molecule has 3 atom stereocenters. The number of likely N-dealkylation sites (tertiary alicyclic amines) is 1. The predicted molar refractivity (Wildman–Crippen MR) is 58.3 cm³/mol. The second-order valence-electron chi connectivity index (χ2n) is 5.77. The maximum absolute atomic E-state index is 5.35. The molecule has 1 aliphatic heterocycles. The molecular formula is C12H23NO. The van der Waals surface area contributed by atoms with Crippen LogP contribution in [0.25, 0.3) is 0 Å². The molecule has 1 heterocycles. The van der Waals surface area contributed by atoms with Crippen molar-refractivity contribution >= 4 is 0 Å². The number of fused-ring (bicyclic) bond motifs is 1. The van der Waals surface area contributed by atoms with Gasteiger partial charge in [-0.05, 0) is 31.1 Å². The SMILES string of the molecule is COCC1C2C(CN1C(C)C)C2(C)C. The lowest BCUT2D eigenvalue weighted by atomic mass is 10.0. The number of ether oxygens (including phenoxy) is 1. The minimum absolute atomic E-state index is 0.578. The largest absolute Gasteiger partial charge is 0.383 e. The Morgan fingerprint density at radius 2 is 2.07 bits per heavy atom. The minimum atomic E-state index is 0.578. The van der Waals surface area contributed by atoms with Crippen molar-refractivity contribution in [2.24, 2.45) is 17.3 Å². The first-order valence-electron chi connectivity index (χ1n) is 5.74. The minimum Gasteiger partial charge on any atom is -0.383 e. The summed E-state index contributed by atoms with van der Waals surface area (Å²) in [6.07, 6.45) is 0. The summed E-state index contributed by atoms with van der Waals surface area (Å²) in [6.45, 7) is 11.6. The van der Waals surface area contributed by atoms with Gasteiger partial charge in [-0.3, -0.25) is 4.90 Å². The summed E-state index contributed by atoms with van der Waals surface area (Å²) in [7, 11) is 1.82. The maximum Gasteiger partial charge on any atom is 0.0621 e. The predicted octanol–water partition coefficient (Wildman–Crippen LogP) is 2.00. The summed E-state index contributed by atoms with van der Waals surface area (Å²) in [6, 6.07) is 1.33. The molecule has 0 amide bonds. The lowest BCUT2D eigenvalue weighted by molar-refractivity contribution is 0.0664. The topological polar surface area (TPSA) is 12.5 Å². The van der Waals surface area contributed by atoms with Gasteiger partial charge in [0.2, 0.25) is 0 Å². The molecule has 2 fully saturated rings. The molecule has 0 N–H and O–H groups in total. The van der Waals surface area contributed by atoms with E-state index in [2.05, 4.69) is 32.6 Å². The van der Waals surface area contributed by atoms with Gasteiger partial charge in [-0.2, -0.15) is 0 Å². The zero-order valence-electron chi connectivity index (χ0n) is 10.1. The van der Waals surface area contributed by atoms with Crippen molar-refractivity contribution < 1.29 is 4.74 Å². The van der Waals surface area contributed by atoms with Gasteiger partial charge in [-0.1, -0.05) is 13.8 Å². The first kappa shape index (κ1) is 10.4. The highest BCUT2D eigenvalue weighted by atomic mass is 16.5. The van der Waals surface area contributed by atoms with E-state index < -0.39 is 0 Å². The number of piperidine rings is 1. The fourth-order valence-electron chi connectivity index (χ4n) is 3.43. The van der Waals surface area contributed by atoms with E-state index in [1.165, 1.54) is 6.54 Å². The van der Waals surface area contributed by atoms with Crippen LogP contribution in [0.4, 0.5) is 0 Å². The van der Waals surface area contributed by atoms with Crippen LogP contribution >= 0.6 is 0 Å². The van der Waals surface area contributed by atoms with Gasteiger partial charge in [0.05, 0.1) is 6.61 Å². The number of hydrogen-bond donors (Lipinski definition) is 0. The fraction of sp³-hybridized carbons (Fsp3) is 1.00. The van der Waals surface area contributed by atoms with E-state index in [9.17, 15) is 0 Å². The summed E-state index contributed by atoms with van der Waals surface area (Å²) in [4.78, 5) is 2.62. The Labute approximate surface area is 87.6 Å². The Bertz CT molecular complexity index is 222. The van der Waals surface area contributed by atoms with Crippen molar-refractivity contribution in [1.82, 2.24) is 4.90 Å². The molecule has 1 aliphatic carbocycles. The van der Waals surface area contributed by atoms with E-state index in [1.807, 2.05) is 7.11 Å². The summed E-state index contributed by atoms with van der Waals surface area (Å²) in [5, 5.41) is 0. The average molecular weight is 197 g/mol. The first-order valence-corrected chi connectivity index (χ1v) is 5.74. The van der Waals surface area contributed by atoms with Gasteiger partial charge in [0, 0.05) is 25.7 Å². The third kappa shape index (κ3) is 1.31.